The molecular weight excluding hydrogens is 218 g/mol. The number of aromatic nitrogens is 2. The van der Waals surface area contributed by atoms with Gasteiger partial charge >= 0.3 is 5.97 Å². The van der Waals surface area contributed by atoms with Gasteiger partial charge in [0, 0.05) is 19.3 Å². The minimum atomic E-state index is -0.734. The van der Waals surface area contributed by atoms with Gasteiger partial charge in [0.2, 0.25) is 0 Å². The van der Waals surface area contributed by atoms with Gasteiger partial charge in [0.25, 0.3) is 0 Å². The Morgan fingerprint density at radius 2 is 2.35 bits per heavy atom. The van der Waals surface area contributed by atoms with E-state index in [0.717, 1.165) is 24.4 Å². The van der Waals surface area contributed by atoms with Gasteiger partial charge in [-0.15, -0.1) is 0 Å². The van der Waals surface area contributed by atoms with Crippen molar-refractivity contribution in [1.82, 2.24) is 14.7 Å². The highest BCUT2D eigenvalue weighted by Crippen LogP contribution is 2.30. The zero-order chi connectivity index (χ0) is 12.6. The third-order valence-electron chi connectivity index (χ3n) is 3.77. The predicted molar refractivity (Wildman–Crippen MR) is 63.6 cm³/mol. The summed E-state index contributed by atoms with van der Waals surface area (Å²) < 4.78 is 1.82. The summed E-state index contributed by atoms with van der Waals surface area (Å²) in [6.07, 6.45) is 1.66. The first kappa shape index (κ1) is 12.1. The van der Waals surface area contributed by atoms with E-state index >= 15 is 0 Å². The molecule has 0 aliphatic carbocycles. The lowest BCUT2D eigenvalue weighted by Gasteiger charge is -2.30. The number of aliphatic carboxylic acids is 1. The summed E-state index contributed by atoms with van der Waals surface area (Å²) in [4.78, 5) is 13.3. The van der Waals surface area contributed by atoms with Crippen molar-refractivity contribution in [2.24, 2.45) is 7.05 Å². The molecule has 5 nitrogen and oxygen atoms in total. The number of carbonyl (C=O) groups is 1. The Labute approximate surface area is 101 Å². The zero-order valence-electron chi connectivity index (χ0n) is 10.6. The van der Waals surface area contributed by atoms with Gasteiger partial charge in [0.05, 0.1) is 5.69 Å². The van der Waals surface area contributed by atoms with Crippen molar-refractivity contribution in [3.05, 3.63) is 17.5 Å². The molecular formula is C12H19N3O2. The molecule has 0 spiro atoms. The van der Waals surface area contributed by atoms with Gasteiger partial charge < -0.3 is 5.11 Å². The number of aryl methyl sites for hydroxylation is 2. The van der Waals surface area contributed by atoms with Crippen LogP contribution in [-0.2, 0) is 18.4 Å². The van der Waals surface area contributed by atoms with Gasteiger partial charge in [-0.05, 0) is 39.3 Å². The summed E-state index contributed by atoms with van der Waals surface area (Å²) in [6, 6.07) is 2.01. The predicted octanol–water partition coefficient (Wildman–Crippen LogP) is 1.17. The van der Waals surface area contributed by atoms with Crippen LogP contribution in [-0.4, -0.2) is 37.8 Å². The van der Waals surface area contributed by atoms with Crippen LogP contribution in [0.3, 0.4) is 0 Å². The van der Waals surface area contributed by atoms with Crippen molar-refractivity contribution in [3.8, 4) is 0 Å². The van der Waals surface area contributed by atoms with E-state index in [1.54, 1.807) is 6.92 Å². The summed E-state index contributed by atoms with van der Waals surface area (Å²) in [5, 5.41) is 13.7. The molecule has 1 unspecified atom stereocenters. The van der Waals surface area contributed by atoms with E-state index in [1.807, 2.05) is 29.6 Å². The lowest BCUT2D eigenvalue weighted by Crippen LogP contribution is -2.47. The minimum absolute atomic E-state index is 0.616. The fraction of sp³-hybridized carbons (Fsp3) is 0.667. The van der Waals surface area contributed by atoms with Crippen LogP contribution < -0.4 is 0 Å². The average molecular weight is 237 g/mol. The summed E-state index contributed by atoms with van der Waals surface area (Å²) in [7, 11) is 1.90. The lowest BCUT2D eigenvalue weighted by atomic mass is 9.99. The summed E-state index contributed by atoms with van der Waals surface area (Å²) in [5.74, 6) is -0.734. The van der Waals surface area contributed by atoms with Crippen LogP contribution >= 0.6 is 0 Å². The molecule has 1 N–H and O–H groups in total. The Kier molecular flexibility index (Phi) is 2.95. The molecule has 94 valence electrons. The van der Waals surface area contributed by atoms with Crippen molar-refractivity contribution < 1.29 is 9.90 Å². The number of rotatable bonds is 3. The molecule has 0 aromatic carbocycles. The largest absolute Gasteiger partial charge is 0.480 e. The highest BCUT2D eigenvalue weighted by atomic mass is 16.4. The first-order chi connectivity index (χ1) is 7.93. The quantitative estimate of drug-likeness (QED) is 0.857. The van der Waals surface area contributed by atoms with Crippen LogP contribution in [0.4, 0.5) is 0 Å². The molecule has 0 saturated carbocycles. The Morgan fingerprint density at radius 3 is 2.88 bits per heavy atom. The fourth-order valence-electron chi connectivity index (χ4n) is 2.42. The monoisotopic (exact) mass is 237 g/mol. The molecule has 5 heteroatoms. The normalized spacial score (nSPS) is 25.4. The molecule has 17 heavy (non-hydrogen) atoms. The smallest absolute Gasteiger partial charge is 0.323 e. The highest BCUT2D eigenvalue weighted by Gasteiger charge is 2.43. The van der Waals surface area contributed by atoms with Crippen molar-refractivity contribution in [2.75, 3.05) is 6.54 Å². The van der Waals surface area contributed by atoms with Gasteiger partial charge in [-0.3, -0.25) is 14.4 Å². The number of likely N-dealkylation sites (tertiary alicyclic amines) is 1. The Morgan fingerprint density at radius 1 is 1.65 bits per heavy atom. The van der Waals surface area contributed by atoms with Crippen molar-refractivity contribution >= 4 is 5.97 Å². The molecule has 1 aliphatic heterocycles. The van der Waals surface area contributed by atoms with Gasteiger partial charge in [0.15, 0.2) is 0 Å². The molecule has 1 aliphatic rings. The van der Waals surface area contributed by atoms with Crippen LogP contribution in [0, 0.1) is 6.92 Å². The van der Waals surface area contributed by atoms with E-state index in [-0.39, 0.29) is 0 Å². The average Bonchev–Trinajstić information content (AvgIpc) is 2.74. The second-order valence-electron chi connectivity index (χ2n) is 5.00. The van der Waals surface area contributed by atoms with E-state index in [0.29, 0.717) is 13.0 Å². The third kappa shape index (κ3) is 2.07. The molecule has 1 aromatic heterocycles. The van der Waals surface area contributed by atoms with Crippen LogP contribution in [0.15, 0.2) is 6.07 Å². The Bertz CT molecular complexity index is 421. The highest BCUT2D eigenvalue weighted by molar-refractivity contribution is 5.78. The maximum atomic E-state index is 11.3. The summed E-state index contributed by atoms with van der Waals surface area (Å²) in [5.41, 5.74) is 1.31. The molecule has 0 radical (unpaired) electrons. The maximum Gasteiger partial charge on any atom is 0.323 e. The van der Waals surface area contributed by atoms with E-state index in [1.165, 1.54) is 0 Å². The van der Waals surface area contributed by atoms with Gasteiger partial charge in [0.1, 0.15) is 5.54 Å². The topological polar surface area (TPSA) is 58.4 Å². The molecule has 2 heterocycles. The van der Waals surface area contributed by atoms with Crippen molar-refractivity contribution in [1.29, 1.82) is 0 Å². The summed E-state index contributed by atoms with van der Waals surface area (Å²) >= 11 is 0. The second kappa shape index (κ2) is 4.14. The van der Waals surface area contributed by atoms with Gasteiger partial charge in [-0.25, -0.2) is 0 Å². The number of carboxylic acid groups (broad SMARTS) is 1. The number of carboxylic acids is 1. The SMILES string of the molecule is Cc1cc(CN2CCCC2(C)C(=O)O)nn1C. The van der Waals surface area contributed by atoms with Crippen molar-refractivity contribution in [3.63, 3.8) is 0 Å². The molecule has 1 fully saturated rings. The maximum absolute atomic E-state index is 11.3. The number of hydrogen-bond donors (Lipinski definition) is 1. The Hall–Kier alpha value is -1.36. The molecule has 1 atom stereocenters. The van der Waals surface area contributed by atoms with Crippen LogP contribution in [0.2, 0.25) is 0 Å². The van der Waals surface area contributed by atoms with Gasteiger partial charge in [-0.2, -0.15) is 5.10 Å². The Balaban J connectivity index is 2.16. The van der Waals surface area contributed by atoms with E-state index in [4.69, 9.17) is 0 Å². The van der Waals surface area contributed by atoms with E-state index in [9.17, 15) is 9.90 Å². The minimum Gasteiger partial charge on any atom is -0.480 e. The standard InChI is InChI=1S/C12H19N3O2/c1-9-7-10(13-14(9)3)8-15-6-4-5-12(15,2)11(16)17/h7H,4-6,8H2,1-3H3,(H,16,17). The van der Waals surface area contributed by atoms with Crippen LogP contribution in [0.5, 0.6) is 0 Å². The molecule has 2 rings (SSSR count). The number of nitrogens with zero attached hydrogens (tertiary/aromatic N) is 3. The van der Waals surface area contributed by atoms with E-state index in [2.05, 4.69) is 5.10 Å². The van der Waals surface area contributed by atoms with E-state index < -0.39 is 11.5 Å². The van der Waals surface area contributed by atoms with Crippen molar-refractivity contribution in [2.45, 2.75) is 38.8 Å². The second-order valence-corrected chi connectivity index (χ2v) is 5.00. The zero-order valence-corrected chi connectivity index (χ0v) is 10.6. The van der Waals surface area contributed by atoms with Gasteiger partial charge in [-0.1, -0.05) is 0 Å². The third-order valence-corrected chi connectivity index (χ3v) is 3.77. The summed E-state index contributed by atoms with van der Waals surface area (Å²) in [6.45, 7) is 5.25. The lowest BCUT2D eigenvalue weighted by molar-refractivity contribution is -0.148. The molecule has 0 amide bonds. The first-order valence-electron chi connectivity index (χ1n) is 5.91. The number of hydrogen-bond acceptors (Lipinski definition) is 3. The molecule has 1 aromatic rings. The first-order valence-corrected chi connectivity index (χ1v) is 5.91. The molecule has 1 saturated heterocycles. The van der Waals surface area contributed by atoms with Crippen LogP contribution in [0.25, 0.3) is 0 Å². The van der Waals surface area contributed by atoms with Crippen LogP contribution in [0.1, 0.15) is 31.2 Å². The fourth-order valence-corrected chi connectivity index (χ4v) is 2.42. The molecule has 0 bridgehead atoms.